The molecule has 1 aliphatic carbocycles. The summed E-state index contributed by atoms with van der Waals surface area (Å²) in [6.45, 7) is 1.07. The van der Waals surface area contributed by atoms with Crippen molar-refractivity contribution in [3.63, 3.8) is 0 Å². The first-order valence-electron chi connectivity index (χ1n) is 12.1. The smallest absolute Gasteiger partial charge is 0.416 e. The highest BCUT2D eigenvalue weighted by Crippen LogP contribution is 2.42. The van der Waals surface area contributed by atoms with Crippen molar-refractivity contribution in [3.8, 4) is 0 Å². The maximum atomic E-state index is 13.7. The number of ether oxygens (including phenoxy) is 1. The Hall–Kier alpha value is -3.87. The second-order valence-electron chi connectivity index (χ2n) is 9.40. The van der Waals surface area contributed by atoms with Gasteiger partial charge in [0.1, 0.15) is 12.4 Å². The van der Waals surface area contributed by atoms with Crippen LogP contribution < -0.4 is 10.0 Å². The zero-order chi connectivity index (χ0) is 29.4. The van der Waals surface area contributed by atoms with E-state index in [9.17, 15) is 40.7 Å². The van der Waals surface area contributed by atoms with Crippen molar-refractivity contribution in [2.75, 3.05) is 0 Å². The largest absolute Gasteiger partial charge is 0.618 e. The van der Waals surface area contributed by atoms with E-state index in [-0.39, 0.29) is 36.7 Å². The summed E-state index contributed by atoms with van der Waals surface area (Å²) in [5.74, 6) is -1.26. The summed E-state index contributed by atoms with van der Waals surface area (Å²) in [7, 11) is 0. The summed E-state index contributed by atoms with van der Waals surface area (Å²) in [5.41, 5.74) is -1.88. The number of halogens is 7. The summed E-state index contributed by atoms with van der Waals surface area (Å²) < 4.78 is 101. The Balaban J connectivity index is 1.73. The molecular formula is C27H23F7N2O4. The minimum Gasteiger partial charge on any atom is -0.618 e. The molecular weight excluding hydrogens is 549 g/mol. The van der Waals surface area contributed by atoms with Crippen LogP contribution in [0.3, 0.4) is 0 Å². The maximum Gasteiger partial charge on any atom is 0.416 e. The third kappa shape index (κ3) is 6.30. The van der Waals surface area contributed by atoms with Crippen LogP contribution in [-0.4, -0.2) is 17.3 Å². The molecule has 0 radical (unpaired) electrons. The lowest BCUT2D eigenvalue weighted by molar-refractivity contribution is -0.623. The number of pyridine rings is 1. The standard InChI is InChI=1S/C27H23F7N2O4/c1-14(16-10-17(26(29,30)31)12-18(11-16)27(32,33)34)40-23-9-8-22-21(24(23)15-2-4-19(28)5-3-15)7-6-20(36(22)39)13-35-25(37)38/h2-7,10-12,14,23-24,35H,8-9,13H2,1H3,(H,37,38)/t14-,23+,24+/m1/s1. The Labute approximate surface area is 223 Å². The molecule has 3 atom stereocenters. The number of nitrogens with one attached hydrogen (secondary N) is 1. The molecule has 40 heavy (non-hydrogen) atoms. The van der Waals surface area contributed by atoms with Gasteiger partial charge in [0.25, 0.3) is 0 Å². The molecule has 1 heterocycles. The number of aromatic nitrogens is 1. The van der Waals surface area contributed by atoms with Gasteiger partial charge >= 0.3 is 18.4 Å². The molecule has 1 amide bonds. The number of alkyl halides is 6. The molecule has 2 N–H and O–H groups in total. The number of hydrogen-bond acceptors (Lipinski definition) is 3. The van der Waals surface area contributed by atoms with Gasteiger partial charge in [-0.3, -0.25) is 0 Å². The lowest BCUT2D eigenvalue weighted by Crippen LogP contribution is -2.44. The number of rotatable bonds is 6. The minimum absolute atomic E-state index is 0.0399. The van der Waals surface area contributed by atoms with Crippen molar-refractivity contribution in [2.45, 2.75) is 56.8 Å². The molecule has 6 nitrogen and oxygen atoms in total. The SMILES string of the molecule is C[C@@H](O[C@H]1CCc2c(ccc(CNC(=O)O)[n+]2[O-])[C@@H]1c1ccc(F)cc1)c1cc(C(F)(F)F)cc(C(F)(F)F)c1. The molecule has 3 aromatic rings. The van der Waals surface area contributed by atoms with Gasteiger partial charge in [0.05, 0.1) is 23.3 Å². The fourth-order valence-corrected chi connectivity index (χ4v) is 4.88. The quantitative estimate of drug-likeness (QED) is 0.201. The average Bonchev–Trinajstić information content (AvgIpc) is 2.87. The monoisotopic (exact) mass is 572 g/mol. The highest BCUT2D eigenvalue weighted by Gasteiger charge is 2.40. The highest BCUT2D eigenvalue weighted by molar-refractivity contribution is 5.64. The lowest BCUT2D eigenvalue weighted by atomic mass is 9.78. The van der Waals surface area contributed by atoms with E-state index in [1.54, 1.807) is 6.07 Å². The Morgan fingerprint density at radius 3 is 2.20 bits per heavy atom. The van der Waals surface area contributed by atoms with Crippen molar-refractivity contribution in [2.24, 2.45) is 0 Å². The van der Waals surface area contributed by atoms with Gasteiger partial charge in [0, 0.05) is 24.0 Å². The molecule has 13 heteroatoms. The van der Waals surface area contributed by atoms with E-state index in [4.69, 9.17) is 9.84 Å². The summed E-state index contributed by atoms with van der Waals surface area (Å²) in [6, 6.07) is 9.53. The predicted molar refractivity (Wildman–Crippen MR) is 127 cm³/mol. The third-order valence-corrected chi connectivity index (χ3v) is 6.78. The van der Waals surface area contributed by atoms with Crippen molar-refractivity contribution in [1.82, 2.24) is 5.32 Å². The molecule has 0 aliphatic heterocycles. The zero-order valence-electron chi connectivity index (χ0n) is 20.8. The van der Waals surface area contributed by atoms with E-state index >= 15 is 0 Å². The number of hydrogen-bond donors (Lipinski definition) is 2. The van der Waals surface area contributed by atoms with E-state index in [0.717, 1.165) is 0 Å². The topological polar surface area (TPSA) is 85.5 Å². The summed E-state index contributed by atoms with van der Waals surface area (Å²) >= 11 is 0. The van der Waals surface area contributed by atoms with Gasteiger partial charge in [-0.2, -0.15) is 31.1 Å². The van der Waals surface area contributed by atoms with Crippen LogP contribution in [0.2, 0.25) is 0 Å². The number of carbonyl (C=O) groups is 1. The van der Waals surface area contributed by atoms with Crippen LogP contribution in [0.4, 0.5) is 35.5 Å². The van der Waals surface area contributed by atoms with Gasteiger partial charge in [-0.15, -0.1) is 0 Å². The molecule has 4 rings (SSSR count). The number of benzene rings is 2. The van der Waals surface area contributed by atoms with E-state index < -0.39 is 53.5 Å². The second kappa shape index (κ2) is 11.0. The molecule has 1 aromatic heterocycles. The molecule has 0 unspecified atom stereocenters. The molecule has 0 bridgehead atoms. The van der Waals surface area contributed by atoms with E-state index in [0.29, 0.717) is 33.7 Å². The van der Waals surface area contributed by atoms with Crippen molar-refractivity contribution >= 4 is 6.09 Å². The first-order valence-corrected chi connectivity index (χ1v) is 12.1. The van der Waals surface area contributed by atoms with Crippen molar-refractivity contribution < 1.29 is 50.1 Å². The highest BCUT2D eigenvalue weighted by atomic mass is 19.4. The molecule has 214 valence electrons. The van der Waals surface area contributed by atoms with Crippen LogP contribution in [0, 0.1) is 11.0 Å². The normalized spacial score (nSPS) is 18.2. The molecule has 0 fully saturated rings. The lowest BCUT2D eigenvalue weighted by Gasteiger charge is -2.35. The molecule has 0 spiro atoms. The summed E-state index contributed by atoms with van der Waals surface area (Å²) in [6.07, 6.45) is -13.1. The fourth-order valence-electron chi connectivity index (χ4n) is 4.88. The van der Waals surface area contributed by atoms with Gasteiger partial charge in [-0.1, -0.05) is 12.1 Å². The second-order valence-corrected chi connectivity index (χ2v) is 9.40. The number of nitrogens with zero attached hydrogens (tertiary/aromatic N) is 1. The number of carboxylic acid groups (broad SMARTS) is 1. The summed E-state index contributed by atoms with van der Waals surface area (Å²) in [4.78, 5) is 10.9. The fraction of sp³-hybridized carbons (Fsp3) is 0.333. The zero-order valence-corrected chi connectivity index (χ0v) is 20.8. The molecule has 2 aromatic carbocycles. The van der Waals surface area contributed by atoms with Crippen LogP contribution in [0.25, 0.3) is 0 Å². The Morgan fingerprint density at radius 2 is 1.65 bits per heavy atom. The van der Waals surface area contributed by atoms with Crippen molar-refractivity contribution in [3.05, 3.63) is 105 Å². The van der Waals surface area contributed by atoms with E-state index in [1.807, 2.05) is 0 Å². The Morgan fingerprint density at radius 1 is 1.05 bits per heavy atom. The molecule has 0 saturated carbocycles. The third-order valence-electron chi connectivity index (χ3n) is 6.78. The van der Waals surface area contributed by atoms with Crippen LogP contribution in [0.5, 0.6) is 0 Å². The minimum atomic E-state index is -5.02. The maximum absolute atomic E-state index is 13.7. The van der Waals surface area contributed by atoms with E-state index in [2.05, 4.69) is 5.32 Å². The van der Waals surface area contributed by atoms with Crippen LogP contribution in [0.15, 0.2) is 54.6 Å². The van der Waals surface area contributed by atoms with E-state index in [1.165, 1.54) is 37.3 Å². The first-order chi connectivity index (χ1) is 18.6. The van der Waals surface area contributed by atoms with Gasteiger partial charge in [0.15, 0.2) is 5.69 Å². The number of amides is 1. The average molecular weight is 572 g/mol. The number of fused-ring (bicyclic) bond motifs is 1. The van der Waals surface area contributed by atoms with Gasteiger partial charge in [-0.25, -0.2) is 9.18 Å². The van der Waals surface area contributed by atoms with Gasteiger partial charge in [-0.05, 0) is 60.9 Å². The van der Waals surface area contributed by atoms with Crippen LogP contribution in [0.1, 0.15) is 64.6 Å². The first kappa shape index (κ1) is 29.1. The van der Waals surface area contributed by atoms with Crippen LogP contribution in [-0.2, 0) is 30.1 Å². The molecule has 1 aliphatic rings. The summed E-state index contributed by atoms with van der Waals surface area (Å²) in [5, 5.41) is 24.0. The molecule has 0 saturated heterocycles. The Kier molecular flexibility index (Phi) is 7.97. The van der Waals surface area contributed by atoms with Gasteiger partial charge in [0.2, 0.25) is 5.69 Å². The van der Waals surface area contributed by atoms with Crippen LogP contribution >= 0.6 is 0 Å². The Bertz CT molecular complexity index is 1360. The predicted octanol–water partition coefficient (Wildman–Crippen LogP) is 6.49. The van der Waals surface area contributed by atoms with Gasteiger partial charge < -0.3 is 20.4 Å². The van der Waals surface area contributed by atoms with Crippen molar-refractivity contribution in [1.29, 1.82) is 0 Å².